The van der Waals surface area contributed by atoms with E-state index in [1.54, 1.807) is 30.3 Å². The van der Waals surface area contributed by atoms with Gasteiger partial charge in [0.25, 0.3) is 0 Å². The summed E-state index contributed by atoms with van der Waals surface area (Å²) in [7, 11) is -0.477. The fourth-order valence-corrected chi connectivity index (χ4v) is 3.52. The van der Waals surface area contributed by atoms with Gasteiger partial charge in [0.15, 0.2) is 0 Å². The van der Waals surface area contributed by atoms with Crippen LogP contribution in [0.4, 0.5) is 5.82 Å². The molecule has 1 heterocycles. The first-order valence-corrected chi connectivity index (χ1v) is 10.1. The Morgan fingerprint density at radius 3 is 2.36 bits per heavy atom. The topological polar surface area (TPSA) is 95.4 Å². The average molecular weight is 398 g/mol. The average Bonchev–Trinajstić information content (AvgIpc) is 2.73. The molecule has 0 saturated heterocycles. The normalized spacial score (nSPS) is 12.7. The number of anilines is 1. The zero-order valence-corrected chi connectivity index (χ0v) is 16.5. The van der Waals surface area contributed by atoms with Crippen LogP contribution < -0.4 is 5.32 Å². The number of nitrogens with zero attached hydrogens (tertiary/aromatic N) is 3. The van der Waals surface area contributed by atoms with Crippen LogP contribution in [0.3, 0.4) is 0 Å². The Morgan fingerprint density at radius 1 is 1.04 bits per heavy atom. The van der Waals surface area contributed by atoms with Crippen LogP contribution in [0, 0.1) is 0 Å². The molecule has 0 bridgehead atoms. The first-order valence-electron chi connectivity index (χ1n) is 8.70. The summed E-state index contributed by atoms with van der Waals surface area (Å²) in [6.45, 7) is 0.306. The van der Waals surface area contributed by atoms with Crippen molar-refractivity contribution >= 4 is 15.8 Å². The summed E-state index contributed by atoms with van der Waals surface area (Å²) < 4.78 is 25.5. The van der Waals surface area contributed by atoms with Gasteiger partial charge in [-0.15, -0.1) is 0 Å². The van der Waals surface area contributed by atoms with Gasteiger partial charge in [0.1, 0.15) is 12.1 Å². The van der Waals surface area contributed by atoms with Gasteiger partial charge in [-0.2, -0.15) is 0 Å². The molecule has 0 fully saturated rings. The minimum atomic E-state index is -3.47. The summed E-state index contributed by atoms with van der Waals surface area (Å²) in [6.07, 6.45) is 0.770. The molecule has 7 nitrogen and oxygen atoms in total. The number of hydrogen-bond donors (Lipinski definition) is 2. The Bertz CT molecular complexity index is 1020. The van der Waals surface area contributed by atoms with Gasteiger partial charge in [-0.05, 0) is 17.7 Å². The van der Waals surface area contributed by atoms with Crippen LogP contribution in [0.15, 0.2) is 71.9 Å². The lowest BCUT2D eigenvalue weighted by Gasteiger charge is -2.13. The number of nitrogens with one attached hydrogen (secondary N) is 1. The molecular formula is C20H22N4O3S. The molecule has 146 valence electrons. The van der Waals surface area contributed by atoms with Crippen LogP contribution in [0.5, 0.6) is 0 Å². The highest BCUT2D eigenvalue weighted by Crippen LogP contribution is 2.22. The minimum Gasteiger partial charge on any atom is -0.387 e. The molecule has 1 aromatic heterocycles. The molecule has 0 amide bonds. The number of benzene rings is 2. The summed E-state index contributed by atoms with van der Waals surface area (Å²) in [6, 6.07) is 17.7. The van der Waals surface area contributed by atoms with Crippen molar-refractivity contribution < 1.29 is 13.5 Å². The number of rotatable bonds is 7. The molecule has 1 atom stereocenters. The van der Waals surface area contributed by atoms with E-state index < -0.39 is 16.1 Å². The molecule has 8 heteroatoms. The van der Waals surface area contributed by atoms with Crippen molar-refractivity contribution in [3.63, 3.8) is 0 Å². The zero-order chi connectivity index (χ0) is 20.1. The van der Waals surface area contributed by atoms with E-state index in [9.17, 15) is 13.5 Å². The lowest BCUT2D eigenvalue weighted by atomic mass is 10.1. The molecule has 0 unspecified atom stereocenters. The molecule has 0 aliphatic carbocycles. The van der Waals surface area contributed by atoms with Crippen molar-refractivity contribution in [2.24, 2.45) is 0 Å². The van der Waals surface area contributed by atoms with Gasteiger partial charge in [-0.25, -0.2) is 22.7 Å². The van der Waals surface area contributed by atoms with Gasteiger partial charge >= 0.3 is 0 Å². The number of aliphatic hydroxyl groups is 1. The Kier molecular flexibility index (Phi) is 6.03. The Labute approximate surface area is 164 Å². The van der Waals surface area contributed by atoms with Crippen molar-refractivity contribution in [1.82, 2.24) is 14.3 Å². The highest BCUT2D eigenvalue weighted by atomic mass is 32.2. The van der Waals surface area contributed by atoms with E-state index in [0.717, 1.165) is 11.1 Å². The summed E-state index contributed by atoms with van der Waals surface area (Å²) in [5.74, 6) is 0.574. The second-order valence-corrected chi connectivity index (χ2v) is 8.56. The molecule has 0 aliphatic heterocycles. The highest BCUT2D eigenvalue weighted by molar-refractivity contribution is 7.89. The van der Waals surface area contributed by atoms with Gasteiger partial charge in [0, 0.05) is 32.3 Å². The van der Waals surface area contributed by atoms with E-state index >= 15 is 0 Å². The van der Waals surface area contributed by atoms with Gasteiger partial charge in [0.05, 0.1) is 16.7 Å². The van der Waals surface area contributed by atoms with Crippen molar-refractivity contribution in [1.29, 1.82) is 0 Å². The van der Waals surface area contributed by atoms with Gasteiger partial charge in [-0.1, -0.05) is 42.5 Å². The van der Waals surface area contributed by atoms with Crippen LogP contribution in [0.25, 0.3) is 11.3 Å². The fourth-order valence-electron chi connectivity index (χ4n) is 2.61. The SMILES string of the molecule is CN(C)S(=O)(=O)c1ccc(-c2cc(NC[C@H](O)c3ccccc3)ncn2)cc1. The molecule has 2 N–H and O–H groups in total. The number of sulfonamides is 1. The van der Waals surface area contributed by atoms with Crippen LogP contribution in [0.2, 0.25) is 0 Å². The quantitative estimate of drug-likeness (QED) is 0.635. The van der Waals surface area contributed by atoms with Crippen molar-refractivity contribution in [2.45, 2.75) is 11.0 Å². The summed E-state index contributed by atoms with van der Waals surface area (Å²) in [4.78, 5) is 8.64. The maximum atomic E-state index is 12.2. The molecule has 0 aliphatic rings. The number of hydrogen-bond acceptors (Lipinski definition) is 6. The lowest BCUT2D eigenvalue weighted by Crippen LogP contribution is -2.22. The largest absolute Gasteiger partial charge is 0.387 e. The van der Waals surface area contributed by atoms with Gasteiger partial charge in [0.2, 0.25) is 10.0 Å². The third kappa shape index (κ3) is 4.53. The summed E-state index contributed by atoms with van der Waals surface area (Å²) in [5.41, 5.74) is 2.24. The maximum absolute atomic E-state index is 12.2. The van der Waals surface area contributed by atoms with E-state index in [1.165, 1.54) is 24.7 Å². The van der Waals surface area contributed by atoms with Crippen LogP contribution >= 0.6 is 0 Å². The van der Waals surface area contributed by atoms with E-state index in [2.05, 4.69) is 15.3 Å². The highest BCUT2D eigenvalue weighted by Gasteiger charge is 2.17. The smallest absolute Gasteiger partial charge is 0.242 e. The molecule has 28 heavy (non-hydrogen) atoms. The molecule has 3 aromatic rings. The molecule has 2 aromatic carbocycles. The zero-order valence-electron chi connectivity index (χ0n) is 15.6. The molecular weight excluding hydrogens is 376 g/mol. The first kappa shape index (κ1) is 19.9. The van der Waals surface area contributed by atoms with Crippen molar-refractivity contribution in [2.75, 3.05) is 26.0 Å². The number of aromatic nitrogens is 2. The predicted octanol–water partition coefficient (Wildman–Crippen LogP) is 2.54. The molecule has 3 rings (SSSR count). The van der Waals surface area contributed by atoms with E-state index in [0.29, 0.717) is 18.1 Å². The number of aliphatic hydroxyl groups excluding tert-OH is 1. The molecule has 0 spiro atoms. The molecule has 0 saturated carbocycles. The monoisotopic (exact) mass is 398 g/mol. The first-order chi connectivity index (χ1) is 13.4. The Balaban J connectivity index is 1.73. The Morgan fingerprint density at radius 2 is 1.71 bits per heavy atom. The van der Waals surface area contributed by atoms with Crippen LogP contribution in [-0.2, 0) is 10.0 Å². The lowest BCUT2D eigenvalue weighted by molar-refractivity contribution is 0.191. The van der Waals surface area contributed by atoms with E-state index in [4.69, 9.17) is 0 Å². The second-order valence-electron chi connectivity index (χ2n) is 6.41. The second kappa shape index (κ2) is 8.47. The predicted molar refractivity (Wildman–Crippen MR) is 108 cm³/mol. The third-order valence-corrected chi connectivity index (χ3v) is 6.09. The Hall–Kier alpha value is -2.81. The van der Waals surface area contributed by atoms with E-state index in [1.807, 2.05) is 30.3 Å². The maximum Gasteiger partial charge on any atom is 0.242 e. The van der Waals surface area contributed by atoms with Crippen LogP contribution in [-0.4, -0.2) is 48.4 Å². The summed E-state index contributed by atoms with van der Waals surface area (Å²) >= 11 is 0. The van der Waals surface area contributed by atoms with Crippen molar-refractivity contribution in [3.05, 3.63) is 72.6 Å². The minimum absolute atomic E-state index is 0.222. The van der Waals surface area contributed by atoms with Gasteiger partial charge in [-0.3, -0.25) is 0 Å². The standard InChI is InChI=1S/C20H22N4O3S/c1-24(2)28(26,27)17-10-8-15(9-11-17)18-12-20(23-14-22-18)21-13-19(25)16-6-4-3-5-7-16/h3-12,14,19,25H,13H2,1-2H3,(H,21,22,23)/t19-/m0/s1. The fraction of sp³-hybridized carbons (Fsp3) is 0.200. The molecule has 0 radical (unpaired) electrons. The van der Waals surface area contributed by atoms with E-state index in [-0.39, 0.29) is 4.90 Å². The van der Waals surface area contributed by atoms with Gasteiger partial charge < -0.3 is 10.4 Å². The third-order valence-electron chi connectivity index (χ3n) is 4.26. The summed E-state index contributed by atoms with van der Waals surface area (Å²) in [5, 5.41) is 13.4. The van der Waals surface area contributed by atoms with Crippen molar-refractivity contribution in [3.8, 4) is 11.3 Å². The van der Waals surface area contributed by atoms with Crippen LogP contribution in [0.1, 0.15) is 11.7 Å².